The van der Waals surface area contributed by atoms with Crippen LogP contribution < -0.4 is 0 Å². The van der Waals surface area contributed by atoms with Gasteiger partial charge in [-0.05, 0) is 27.6 Å². The minimum Gasteiger partial charge on any atom is -0.476 e. The lowest BCUT2D eigenvalue weighted by Crippen LogP contribution is -2.08. The zero-order valence-corrected chi connectivity index (χ0v) is 10.3. The average Bonchev–Trinajstić information content (AvgIpc) is 2.16. The molecule has 0 saturated heterocycles. The van der Waals surface area contributed by atoms with Crippen LogP contribution in [0.3, 0.4) is 0 Å². The van der Waals surface area contributed by atoms with E-state index in [1.165, 1.54) is 0 Å². The summed E-state index contributed by atoms with van der Waals surface area (Å²) in [7, 11) is 0. The Morgan fingerprint density at radius 3 is 2.60 bits per heavy atom. The van der Waals surface area contributed by atoms with Gasteiger partial charge in [-0.2, -0.15) is 0 Å². The summed E-state index contributed by atoms with van der Waals surface area (Å²) in [5, 5.41) is 8.99. The second-order valence-electron chi connectivity index (χ2n) is 2.62. The van der Waals surface area contributed by atoms with Crippen molar-refractivity contribution in [3.8, 4) is 0 Å². The fraction of sp³-hybridized carbons (Fsp3) is 0.250. The minimum absolute atomic E-state index is 0.251. The van der Waals surface area contributed by atoms with Gasteiger partial charge in [-0.25, -0.2) is 18.6 Å². The van der Waals surface area contributed by atoms with Gasteiger partial charge in [-0.3, -0.25) is 0 Å². The average molecular weight is 345 g/mol. The molecule has 0 aliphatic heterocycles. The molecule has 0 unspecified atom stereocenters. The second kappa shape index (κ2) is 4.98. The van der Waals surface area contributed by atoms with Gasteiger partial charge in [0.25, 0.3) is 6.43 Å². The summed E-state index contributed by atoms with van der Waals surface area (Å²) in [5.74, 6) is -1.47. The highest BCUT2D eigenvalue weighted by molar-refractivity contribution is 9.10. The molecular weight excluding hydrogens is 340 g/mol. The number of halogens is 4. The predicted molar refractivity (Wildman–Crippen MR) is 56.5 cm³/mol. The fourth-order valence-electron chi connectivity index (χ4n) is 0.981. The van der Waals surface area contributed by atoms with Crippen molar-refractivity contribution in [2.75, 3.05) is 0 Å². The van der Waals surface area contributed by atoms with Crippen LogP contribution in [-0.2, 0) is 5.33 Å². The molecule has 0 spiro atoms. The zero-order valence-electron chi connectivity index (χ0n) is 7.18. The minimum atomic E-state index is -2.85. The molecule has 0 aliphatic rings. The summed E-state index contributed by atoms with van der Waals surface area (Å²) >= 11 is 6.10. The second-order valence-corrected chi connectivity index (χ2v) is 3.93. The highest BCUT2D eigenvalue weighted by Crippen LogP contribution is 2.27. The third kappa shape index (κ3) is 2.72. The first-order valence-electron chi connectivity index (χ1n) is 3.74. The van der Waals surface area contributed by atoms with E-state index in [1.54, 1.807) is 0 Å². The molecule has 7 heteroatoms. The Labute approximate surface area is 101 Å². The molecule has 0 aliphatic carbocycles. The van der Waals surface area contributed by atoms with Gasteiger partial charge < -0.3 is 5.11 Å². The van der Waals surface area contributed by atoms with E-state index in [1.807, 2.05) is 0 Å². The van der Waals surface area contributed by atoms with Crippen molar-refractivity contribution in [2.24, 2.45) is 0 Å². The number of hydrogen-bond acceptors (Lipinski definition) is 2. The van der Waals surface area contributed by atoms with E-state index in [0.717, 1.165) is 6.07 Å². The highest BCUT2D eigenvalue weighted by Gasteiger charge is 2.21. The number of carbonyl (C=O) groups is 1. The summed E-state index contributed by atoms with van der Waals surface area (Å²) < 4.78 is 25.3. The molecule has 0 atom stereocenters. The molecular formula is C8H5Br2F2NO2. The van der Waals surface area contributed by atoms with Crippen LogP contribution in [0.15, 0.2) is 10.7 Å². The smallest absolute Gasteiger partial charge is 0.355 e. The number of aromatic nitrogens is 1. The van der Waals surface area contributed by atoms with E-state index in [0.29, 0.717) is 10.9 Å². The number of alkyl halides is 3. The van der Waals surface area contributed by atoms with Gasteiger partial charge in [0.15, 0.2) is 5.69 Å². The lowest BCUT2D eigenvalue weighted by molar-refractivity contribution is 0.0677. The maximum atomic E-state index is 12.5. The lowest BCUT2D eigenvalue weighted by atomic mass is 10.1. The van der Waals surface area contributed by atoms with E-state index >= 15 is 0 Å². The van der Waals surface area contributed by atoms with Crippen molar-refractivity contribution in [3.05, 3.63) is 27.5 Å². The monoisotopic (exact) mass is 343 g/mol. The van der Waals surface area contributed by atoms with Gasteiger partial charge in [0.2, 0.25) is 0 Å². The first-order chi connectivity index (χ1) is 6.97. The Bertz CT molecular complexity index is 398. The molecule has 0 bridgehead atoms. The van der Waals surface area contributed by atoms with Crippen molar-refractivity contribution in [3.63, 3.8) is 0 Å². The van der Waals surface area contributed by atoms with Gasteiger partial charge >= 0.3 is 5.97 Å². The number of aromatic carboxylic acids is 1. The van der Waals surface area contributed by atoms with E-state index in [-0.39, 0.29) is 4.60 Å². The molecule has 1 heterocycles. The Morgan fingerprint density at radius 2 is 2.20 bits per heavy atom. The lowest BCUT2D eigenvalue weighted by Gasteiger charge is -2.07. The van der Waals surface area contributed by atoms with E-state index in [4.69, 9.17) is 5.11 Å². The summed E-state index contributed by atoms with van der Waals surface area (Å²) in [4.78, 5) is 14.2. The van der Waals surface area contributed by atoms with E-state index < -0.39 is 23.7 Å². The van der Waals surface area contributed by atoms with Gasteiger partial charge in [-0.15, -0.1) is 0 Å². The molecule has 0 saturated carbocycles. The molecule has 0 fully saturated rings. The predicted octanol–water partition coefficient (Wildman–Crippen LogP) is 3.37. The molecule has 0 amide bonds. The summed E-state index contributed by atoms with van der Waals surface area (Å²) in [5.41, 5.74) is -0.711. The molecule has 82 valence electrons. The Balaban J connectivity index is 3.38. The number of carboxylic acids is 1. The molecule has 1 N–H and O–H groups in total. The van der Waals surface area contributed by atoms with Crippen molar-refractivity contribution in [2.45, 2.75) is 11.8 Å². The van der Waals surface area contributed by atoms with Gasteiger partial charge in [0.1, 0.15) is 4.60 Å². The number of hydrogen-bond donors (Lipinski definition) is 1. The number of carboxylic acid groups (broad SMARTS) is 1. The summed E-state index contributed by atoms with van der Waals surface area (Å²) in [6.07, 6.45) is -2.85. The Kier molecular flexibility index (Phi) is 4.15. The van der Waals surface area contributed by atoms with Crippen LogP contribution in [0.25, 0.3) is 0 Å². The van der Waals surface area contributed by atoms with Crippen LogP contribution in [0.4, 0.5) is 8.78 Å². The van der Waals surface area contributed by atoms with Crippen molar-refractivity contribution < 1.29 is 18.7 Å². The maximum absolute atomic E-state index is 12.5. The molecule has 1 rings (SSSR count). The first-order valence-corrected chi connectivity index (χ1v) is 5.65. The van der Waals surface area contributed by atoms with Crippen molar-refractivity contribution in [1.29, 1.82) is 0 Å². The Hall–Kier alpha value is -0.560. The van der Waals surface area contributed by atoms with Gasteiger partial charge in [0, 0.05) is 5.33 Å². The standard InChI is InChI=1S/C8H5Br2F2NO2/c9-2-3-1-4(7(11)12)5(8(14)15)13-6(3)10/h1,7H,2H2,(H,14,15). The fourth-order valence-corrected chi connectivity index (χ4v) is 2.22. The SMILES string of the molecule is O=C(O)c1nc(Br)c(CBr)cc1C(F)F. The highest BCUT2D eigenvalue weighted by atomic mass is 79.9. The third-order valence-electron chi connectivity index (χ3n) is 1.66. The normalized spacial score (nSPS) is 10.7. The summed E-state index contributed by atoms with van der Waals surface area (Å²) in [6, 6.07) is 1.12. The molecule has 0 aromatic carbocycles. The van der Waals surface area contributed by atoms with Crippen LogP contribution in [-0.4, -0.2) is 16.1 Å². The zero-order chi connectivity index (χ0) is 11.6. The Morgan fingerprint density at radius 1 is 1.60 bits per heavy atom. The first kappa shape index (κ1) is 12.5. The largest absolute Gasteiger partial charge is 0.476 e. The van der Waals surface area contributed by atoms with E-state index in [2.05, 4.69) is 36.8 Å². The molecule has 3 nitrogen and oxygen atoms in total. The van der Waals surface area contributed by atoms with Gasteiger partial charge in [0.05, 0.1) is 5.56 Å². The van der Waals surface area contributed by atoms with Crippen LogP contribution in [0, 0.1) is 0 Å². The number of pyridine rings is 1. The molecule has 1 aromatic heterocycles. The maximum Gasteiger partial charge on any atom is 0.355 e. The molecule has 15 heavy (non-hydrogen) atoms. The number of rotatable bonds is 3. The van der Waals surface area contributed by atoms with Gasteiger partial charge in [-0.1, -0.05) is 15.9 Å². The summed E-state index contributed by atoms with van der Waals surface area (Å²) in [6.45, 7) is 0. The number of nitrogens with zero attached hydrogens (tertiary/aromatic N) is 1. The van der Waals surface area contributed by atoms with Crippen LogP contribution in [0.2, 0.25) is 0 Å². The molecule has 0 radical (unpaired) electrons. The topological polar surface area (TPSA) is 50.2 Å². The van der Waals surface area contributed by atoms with Crippen LogP contribution >= 0.6 is 31.9 Å². The third-order valence-corrected chi connectivity index (χ3v) is 2.95. The van der Waals surface area contributed by atoms with Crippen LogP contribution in [0.5, 0.6) is 0 Å². The quantitative estimate of drug-likeness (QED) is 0.675. The molecule has 1 aromatic rings. The van der Waals surface area contributed by atoms with Crippen molar-refractivity contribution in [1.82, 2.24) is 4.98 Å². The van der Waals surface area contributed by atoms with Crippen LogP contribution in [0.1, 0.15) is 28.0 Å². The van der Waals surface area contributed by atoms with E-state index in [9.17, 15) is 13.6 Å². The van der Waals surface area contributed by atoms with Crippen molar-refractivity contribution >= 4 is 37.8 Å².